The predicted octanol–water partition coefficient (Wildman–Crippen LogP) is 10.7. The number of rotatable bonds is 1. The third-order valence-electron chi connectivity index (χ3n) is 12.0. The van der Waals surface area contributed by atoms with E-state index in [1.54, 1.807) is 10.4 Å². The lowest BCUT2D eigenvalue weighted by molar-refractivity contribution is 1.20. The van der Waals surface area contributed by atoms with E-state index < -0.39 is 8.07 Å². The van der Waals surface area contributed by atoms with Crippen molar-refractivity contribution in [3.8, 4) is 55.6 Å². The second-order valence-corrected chi connectivity index (χ2v) is 19.6. The predicted molar refractivity (Wildman–Crippen MR) is 227 cm³/mol. The van der Waals surface area contributed by atoms with Crippen LogP contribution in [0.3, 0.4) is 0 Å². The minimum Gasteiger partial charge on any atom is -0.0896 e. The minimum absolute atomic E-state index is 0.984. The van der Waals surface area contributed by atoms with Gasteiger partial charge in [0.15, 0.2) is 8.07 Å². The second-order valence-electron chi connectivity index (χ2n) is 14.9. The van der Waals surface area contributed by atoms with E-state index >= 15 is 0 Å². The van der Waals surface area contributed by atoms with Gasteiger partial charge in [-0.3, -0.25) is 0 Å². The summed E-state index contributed by atoms with van der Waals surface area (Å²) in [5.74, 6) is 0. The molecule has 0 fully saturated rings. The molecule has 2 aliphatic heterocycles. The van der Waals surface area contributed by atoms with Crippen LogP contribution in [0.2, 0.25) is 0 Å². The molecule has 0 saturated carbocycles. The van der Waals surface area contributed by atoms with Crippen molar-refractivity contribution in [2.45, 2.75) is 30.1 Å². The molecule has 0 N–H and O–H groups in total. The largest absolute Gasteiger partial charge is 0.182 e. The highest BCUT2D eigenvalue weighted by atomic mass is 32.2. The highest BCUT2D eigenvalue weighted by Crippen LogP contribution is 2.50. The Morgan fingerprint density at radius 3 is 1.49 bits per heavy atom. The molecule has 0 bridgehead atoms. The van der Waals surface area contributed by atoms with Crippen LogP contribution in [0.15, 0.2) is 180 Å². The molecule has 0 nitrogen and oxygen atoms in total. The van der Waals surface area contributed by atoms with Gasteiger partial charge in [0.25, 0.3) is 0 Å². The molecule has 3 aliphatic rings. The first-order valence-electron chi connectivity index (χ1n) is 18.6. The van der Waals surface area contributed by atoms with Crippen LogP contribution in [-0.2, 0) is 6.42 Å². The fraction of sp³-hybridized carbons (Fsp3) is 0.0588. The number of hydrogen-bond acceptors (Lipinski definition) is 1. The van der Waals surface area contributed by atoms with Crippen LogP contribution in [0, 0.1) is 13.8 Å². The summed E-state index contributed by atoms with van der Waals surface area (Å²) in [7, 11) is -2.67. The molecule has 8 aromatic carbocycles. The molecule has 1 aliphatic carbocycles. The summed E-state index contributed by atoms with van der Waals surface area (Å²) in [6, 6.07) is 65.1. The Hall–Kier alpha value is -5.67. The molecule has 1 spiro atoms. The van der Waals surface area contributed by atoms with Crippen molar-refractivity contribution >= 4 is 40.6 Å². The van der Waals surface area contributed by atoms with Crippen molar-refractivity contribution in [1.29, 1.82) is 0 Å². The van der Waals surface area contributed by atoms with Gasteiger partial charge in [-0.25, -0.2) is 0 Å². The third-order valence-corrected chi connectivity index (χ3v) is 18.6. The van der Waals surface area contributed by atoms with E-state index in [1.807, 2.05) is 11.8 Å². The van der Waals surface area contributed by atoms with Crippen molar-refractivity contribution in [1.82, 2.24) is 0 Å². The molecule has 0 radical (unpaired) electrons. The zero-order valence-electron chi connectivity index (χ0n) is 29.8. The Kier molecular flexibility index (Phi) is 6.80. The first-order valence-corrected chi connectivity index (χ1v) is 21.5. The maximum Gasteiger partial charge on any atom is 0.182 e. The van der Waals surface area contributed by atoms with Crippen molar-refractivity contribution < 1.29 is 0 Å². The van der Waals surface area contributed by atoms with Gasteiger partial charge in [0.2, 0.25) is 0 Å². The summed E-state index contributed by atoms with van der Waals surface area (Å²) >= 11 is 1.99. The van der Waals surface area contributed by atoms with Crippen LogP contribution < -0.4 is 20.7 Å². The SMILES string of the molecule is Cc1ccc2c(c1)Sc1c(ccc(C)c1-c1ccc3c(c1)-c1ccccc1-c1ccccc1-c1ccccc1-3)[Si]21c2ccccc2Cc2ccccc21. The lowest BCUT2D eigenvalue weighted by Crippen LogP contribution is -2.79. The molecule has 0 amide bonds. The van der Waals surface area contributed by atoms with Crippen LogP contribution in [-0.4, -0.2) is 8.07 Å². The Morgan fingerprint density at radius 2 is 0.906 bits per heavy atom. The quantitative estimate of drug-likeness (QED) is 0.153. The van der Waals surface area contributed by atoms with Crippen molar-refractivity contribution in [3.63, 3.8) is 0 Å². The van der Waals surface area contributed by atoms with Gasteiger partial charge >= 0.3 is 0 Å². The molecule has 53 heavy (non-hydrogen) atoms. The first-order chi connectivity index (χ1) is 26.1. The molecule has 0 saturated heterocycles. The van der Waals surface area contributed by atoms with Crippen molar-refractivity contribution in [2.75, 3.05) is 0 Å². The standard InChI is InChI=1S/C51H36SSi/c1-32-23-27-48-45(29-32)52-51-49(53(48)46-21-11-3-13-34(46)30-35-14-4-12-22-47(35)53)28-24-33(2)50(51)36-25-26-43-41-19-8-7-17-39(41)37-15-5-6-16-38(37)40-18-9-10-20-42(40)44(43)31-36/h3-29,31H,30H2,1-2H3. The van der Waals surface area contributed by atoms with Crippen molar-refractivity contribution in [3.05, 3.63) is 192 Å². The molecule has 2 heterocycles. The second kappa shape index (κ2) is 11.7. The van der Waals surface area contributed by atoms with Crippen LogP contribution in [0.1, 0.15) is 22.3 Å². The summed E-state index contributed by atoms with van der Waals surface area (Å²) in [5.41, 5.74) is 18.5. The van der Waals surface area contributed by atoms with E-state index in [2.05, 4.69) is 184 Å². The van der Waals surface area contributed by atoms with Crippen LogP contribution in [0.4, 0.5) is 0 Å². The highest BCUT2D eigenvalue weighted by Gasteiger charge is 2.51. The zero-order valence-corrected chi connectivity index (χ0v) is 31.6. The summed E-state index contributed by atoms with van der Waals surface area (Å²) in [6.07, 6.45) is 0.984. The van der Waals surface area contributed by atoms with E-state index in [0.717, 1.165) is 6.42 Å². The lowest BCUT2D eigenvalue weighted by atomic mass is 9.80. The molecule has 8 aromatic rings. The fourth-order valence-electron chi connectivity index (χ4n) is 9.75. The average molecular weight is 709 g/mol. The van der Waals surface area contributed by atoms with E-state index in [1.165, 1.54) is 98.1 Å². The van der Waals surface area contributed by atoms with E-state index in [-0.39, 0.29) is 0 Å². The van der Waals surface area contributed by atoms with E-state index in [9.17, 15) is 0 Å². The summed E-state index contributed by atoms with van der Waals surface area (Å²) in [6.45, 7) is 4.56. The average Bonchev–Trinajstić information content (AvgIpc) is 3.20. The zero-order chi connectivity index (χ0) is 35.3. The van der Waals surface area contributed by atoms with Gasteiger partial charge in [0.05, 0.1) is 0 Å². The summed E-state index contributed by atoms with van der Waals surface area (Å²) < 4.78 is 0. The smallest absolute Gasteiger partial charge is 0.0896 e. The Bertz CT molecular complexity index is 2770. The van der Waals surface area contributed by atoms with E-state index in [0.29, 0.717) is 0 Å². The topological polar surface area (TPSA) is 0 Å². The molecule has 0 aromatic heterocycles. The summed E-state index contributed by atoms with van der Waals surface area (Å²) in [5, 5.41) is 6.13. The maximum absolute atomic E-state index is 2.67. The molecule has 2 heteroatoms. The maximum atomic E-state index is 2.51. The highest BCUT2D eigenvalue weighted by molar-refractivity contribution is 8.00. The molecule has 250 valence electrons. The number of aryl methyl sites for hydroxylation is 2. The van der Waals surface area contributed by atoms with Gasteiger partial charge in [-0.2, -0.15) is 0 Å². The van der Waals surface area contributed by atoms with Gasteiger partial charge in [-0.15, -0.1) is 0 Å². The molecular formula is C51H36SSi. The third kappa shape index (κ3) is 4.37. The fourth-order valence-corrected chi connectivity index (χ4v) is 17.5. The van der Waals surface area contributed by atoms with Gasteiger partial charge in [0.1, 0.15) is 0 Å². The Balaban J connectivity index is 1.22. The van der Waals surface area contributed by atoms with Gasteiger partial charge < -0.3 is 0 Å². The molecular weight excluding hydrogens is 673 g/mol. The number of hydrogen-bond donors (Lipinski definition) is 0. The first kappa shape index (κ1) is 30.9. The van der Waals surface area contributed by atoms with Crippen LogP contribution in [0.25, 0.3) is 55.6 Å². The molecule has 11 rings (SSSR count). The van der Waals surface area contributed by atoms with Crippen LogP contribution in [0.5, 0.6) is 0 Å². The van der Waals surface area contributed by atoms with Gasteiger partial charge in [-0.1, -0.05) is 175 Å². The molecule has 0 unspecified atom stereocenters. The van der Waals surface area contributed by atoms with Gasteiger partial charge in [-0.05, 0) is 125 Å². The van der Waals surface area contributed by atoms with Crippen LogP contribution >= 0.6 is 11.8 Å². The normalized spacial score (nSPS) is 13.8. The van der Waals surface area contributed by atoms with Gasteiger partial charge in [0, 0.05) is 9.79 Å². The van der Waals surface area contributed by atoms with E-state index in [4.69, 9.17) is 0 Å². The lowest BCUT2D eigenvalue weighted by Gasteiger charge is -2.45. The minimum atomic E-state index is -2.67. The molecule has 0 atom stereocenters. The number of fused-ring (bicyclic) bond motifs is 16. The number of benzene rings is 8. The van der Waals surface area contributed by atoms with Crippen molar-refractivity contribution in [2.24, 2.45) is 0 Å². The Labute approximate surface area is 316 Å². The Morgan fingerprint density at radius 1 is 0.415 bits per heavy atom. The monoisotopic (exact) mass is 708 g/mol. The summed E-state index contributed by atoms with van der Waals surface area (Å²) in [4.78, 5) is 2.83.